The molecule has 0 aliphatic carbocycles. The molecule has 1 aromatic carbocycles. The van der Waals surface area contributed by atoms with Crippen molar-refractivity contribution < 1.29 is 9.53 Å². The molecule has 2 aromatic rings. The Morgan fingerprint density at radius 2 is 1.90 bits per heavy atom. The number of nitrogens with one attached hydrogen (secondary N) is 2. The molecule has 0 bridgehead atoms. The summed E-state index contributed by atoms with van der Waals surface area (Å²) >= 11 is 17.8. The molecule has 0 amide bonds. The minimum atomic E-state index is -0.413. The highest BCUT2D eigenvalue weighted by molar-refractivity contribution is 6.44. The number of benzene rings is 1. The van der Waals surface area contributed by atoms with Crippen molar-refractivity contribution in [3.8, 4) is 0 Å². The average molecular weight is 334 g/mol. The van der Waals surface area contributed by atoms with Gasteiger partial charge >= 0.3 is 5.97 Å². The molecule has 2 N–H and O–H groups in total. The molecule has 0 atom stereocenters. The van der Waals surface area contributed by atoms with Gasteiger partial charge in [-0.15, -0.1) is 0 Å². The molecule has 106 valence electrons. The third-order valence-corrected chi connectivity index (χ3v) is 3.67. The van der Waals surface area contributed by atoms with Crippen LogP contribution in [-0.2, 0) is 11.3 Å². The van der Waals surface area contributed by atoms with Crippen LogP contribution in [-0.4, -0.2) is 18.1 Å². The summed E-state index contributed by atoms with van der Waals surface area (Å²) in [4.78, 5) is 14.3. The second-order valence-corrected chi connectivity index (χ2v) is 5.21. The van der Waals surface area contributed by atoms with Gasteiger partial charge in [-0.2, -0.15) is 0 Å². The molecule has 0 radical (unpaired) electrons. The third kappa shape index (κ3) is 3.39. The SMILES string of the molecule is COC(=O)c1ccc(CNc2cc(Cl)c(Cl)cc2Cl)[nH]1. The second-order valence-electron chi connectivity index (χ2n) is 3.99. The fraction of sp³-hybridized carbons (Fsp3) is 0.154. The van der Waals surface area contributed by atoms with Gasteiger partial charge in [-0.25, -0.2) is 4.79 Å². The number of hydrogen-bond donors (Lipinski definition) is 2. The number of esters is 1. The molecule has 0 saturated heterocycles. The van der Waals surface area contributed by atoms with Crippen LogP contribution in [0, 0.1) is 0 Å². The Kier molecular flexibility index (Phi) is 4.81. The summed E-state index contributed by atoms with van der Waals surface area (Å²) in [6, 6.07) is 6.66. The minimum Gasteiger partial charge on any atom is -0.464 e. The van der Waals surface area contributed by atoms with Gasteiger partial charge < -0.3 is 15.0 Å². The summed E-state index contributed by atoms with van der Waals surface area (Å²) < 4.78 is 4.62. The van der Waals surface area contributed by atoms with Gasteiger partial charge in [-0.3, -0.25) is 0 Å². The van der Waals surface area contributed by atoms with Crippen molar-refractivity contribution >= 4 is 46.5 Å². The number of hydrogen-bond acceptors (Lipinski definition) is 3. The van der Waals surface area contributed by atoms with Crippen LogP contribution in [0.25, 0.3) is 0 Å². The van der Waals surface area contributed by atoms with Crippen LogP contribution in [0.5, 0.6) is 0 Å². The number of carbonyl (C=O) groups excluding carboxylic acids is 1. The highest BCUT2D eigenvalue weighted by atomic mass is 35.5. The van der Waals surface area contributed by atoms with E-state index in [2.05, 4.69) is 15.0 Å². The van der Waals surface area contributed by atoms with Crippen LogP contribution in [0.4, 0.5) is 5.69 Å². The van der Waals surface area contributed by atoms with E-state index in [1.54, 1.807) is 24.3 Å². The van der Waals surface area contributed by atoms with Crippen LogP contribution in [0.3, 0.4) is 0 Å². The van der Waals surface area contributed by atoms with E-state index in [1.165, 1.54) is 7.11 Å². The maximum absolute atomic E-state index is 11.3. The summed E-state index contributed by atoms with van der Waals surface area (Å²) in [5.41, 5.74) is 1.87. The summed E-state index contributed by atoms with van der Waals surface area (Å²) in [5, 5.41) is 4.40. The predicted octanol–water partition coefficient (Wildman–Crippen LogP) is 4.37. The summed E-state index contributed by atoms with van der Waals surface area (Å²) in [6.45, 7) is 0.453. The zero-order valence-electron chi connectivity index (χ0n) is 10.5. The number of halogens is 3. The number of aromatic amines is 1. The number of ether oxygens (including phenoxy) is 1. The number of carbonyl (C=O) groups is 1. The van der Waals surface area contributed by atoms with Crippen molar-refractivity contribution in [2.45, 2.75) is 6.54 Å². The van der Waals surface area contributed by atoms with Crippen molar-refractivity contribution in [2.24, 2.45) is 0 Å². The number of aromatic nitrogens is 1. The normalized spacial score (nSPS) is 10.4. The van der Waals surface area contributed by atoms with E-state index in [-0.39, 0.29) is 0 Å². The van der Waals surface area contributed by atoms with Gasteiger partial charge in [-0.1, -0.05) is 34.8 Å². The Hall–Kier alpha value is -1.36. The lowest BCUT2D eigenvalue weighted by Crippen LogP contribution is -2.04. The highest BCUT2D eigenvalue weighted by Gasteiger charge is 2.09. The number of methoxy groups -OCH3 is 1. The van der Waals surface area contributed by atoms with Crippen molar-refractivity contribution in [1.82, 2.24) is 4.98 Å². The molecule has 0 spiro atoms. The fourth-order valence-electron chi connectivity index (χ4n) is 1.62. The van der Waals surface area contributed by atoms with Gasteiger partial charge in [-0.05, 0) is 24.3 Å². The Bertz CT molecular complexity index is 641. The Balaban J connectivity index is 2.07. The number of H-pyrrole nitrogens is 1. The van der Waals surface area contributed by atoms with Crippen LogP contribution >= 0.6 is 34.8 Å². The van der Waals surface area contributed by atoms with Gasteiger partial charge in [0.25, 0.3) is 0 Å². The summed E-state index contributed by atoms with van der Waals surface area (Å²) in [6.07, 6.45) is 0. The maximum atomic E-state index is 11.3. The standard InChI is InChI=1S/C13H11Cl3N2O2/c1-20-13(19)11-3-2-7(18-11)6-17-12-5-9(15)8(14)4-10(12)16/h2-5,17-18H,6H2,1H3. The predicted molar refractivity (Wildman–Crippen MR) is 80.9 cm³/mol. The topological polar surface area (TPSA) is 54.1 Å². The van der Waals surface area contributed by atoms with E-state index < -0.39 is 5.97 Å². The second kappa shape index (κ2) is 6.39. The first-order chi connectivity index (χ1) is 9.51. The summed E-state index contributed by atoms with van der Waals surface area (Å²) in [7, 11) is 1.33. The molecule has 7 heteroatoms. The average Bonchev–Trinajstić information content (AvgIpc) is 2.89. The van der Waals surface area contributed by atoms with E-state index in [9.17, 15) is 4.79 Å². The van der Waals surface area contributed by atoms with Gasteiger partial charge in [0.05, 0.1) is 34.4 Å². The van der Waals surface area contributed by atoms with Gasteiger partial charge in [0.1, 0.15) is 5.69 Å². The smallest absolute Gasteiger partial charge is 0.354 e. The monoisotopic (exact) mass is 332 g/mol. The van der Waals surface area contributed by atoms with E-state index in [0.717, 1.165) is 5.69 Å². The molecule has 0 saturated carbocycles. The van der Waals surface area contributed by atoms with Crippen molar-refractivity contribution in [3.63, 3.8) is 0 Å². The van der Waals surface area contributed by atoms with Gasteiger partial charge in [0.15, 0.2) is 0 Å². The Morgan fingerprint density at radius 3 is 2.60 bits per heavy atom. The third-order valence-electron chi connectivity index (χ3n) is 2.63. The van der Waals surface area contributed by atoms with Crippen LogP contribution in [0.15, 0.2) is 24.3 Å². The first kappa shape index (κ1) is 15.0. The lowest BCUT2D eigenvalue weighted by atomic mass is 10.3. The molecular weight excluding hydrogens is 323 g/mol. The quantitative estimate of drug-likeness (QED) is 0.645. The molecule has 0 unspecified atom stereocenters. The van der Waals surface area contributed by atoms with Crippen molar-refractivity contribution in [1.29, 1.82) is 0 Å². The fourth-order valence-corrected chi connectivity index (χ4v) is 2.23. The van der Waals surface area contributed by atoms with Crippen LogP contribution in [0.1, 0.15) is 16.2 Å². The molecular formula is C13H11Cl3N2O2. The van der Waals surface area contributed by atoms with E-state index in [1.807, 2.05) is 0 Å². The molecule has 0 fully saturated rings. The zero-order chi connectivity index (χ0) is 14.7. The highest BCUT2D eigenvalue weighted by Crippen LogP contribution is 2.32. The number of rotatable bonds is 4. The van der Waals surface area contributed by atoms with Crippen LogP contribution < -0.4 is 5.32 Å². The first-order valence-corrected chi connectivity index (χ1v) is 6.79. The largest absolute Gasteiger partial charge is 0.464 e. The maximum Gasteiger partial charge on any atom is 0.354 e. The van der Waals surface area contributed by atoms with Crippen molar-refractivity contribution in [2.75, 3.05) is 12.4 Å². The molecule has 1 aromatic heterocycles. The van der Waals surface area contributed by atoms with Gasteiger partial charge in [0.2, 0.25) is 0 Å². The summed E-state index contributed by atoms with van der Waals surface area (Å²) in [5.74, 6) is -0.413. The van der Waals surface area contributed by atoms with E-state index in [4.69, 9.17) is 34.8 Å². The lowest BCUT2D eigenvalue weighted by Gasteiger charge is -2.09. The lowest BCUT2D eigenvalue weighted by molar-refractivity contribution is 0.0594. The Labute approximate surface area is 131 Å². The molecule has 2 rings (SSSR count). The molecule has 0 aliphatic rings. The first-order valence-electron chi connectivity index (χ1n) is 5.66. The molecule has 1 heterocycles. The Morgan fingerprint density at radius 1 is 1.20 bits per heavy atom. The minimum absolute atomic E-state index is 0.393. The van der Waals surface area contributed by atoms with E-state index in [0.29, 0.717) is 33.0 Å². The number of anilines is 1. The molecule has 20 heavy (non-hydrogen) atoms. The molecule has 0 aliphatic heterocycles. The van der Waals surface area contributed by atoms with Gasteiger partial charge in [0, 0.05) is 5.69 Å². The van der Waals surface area contributed by atoms with E-state index >= 15 is 0 Å². The van der Waals surface area contributed by atoms with Crippen LogP contribution in [0.2, 0.25) is 15.1 Å². The molecule has 4 nitrogen and oxygen atoms in total. The van der Waals surface area contributed by atoms with Crippen molar-refractivity contribution in [3.05, 3.63) is 50.7 Å². The zero-order valence-corrected chi connectivity index (χ0v) is 12.7.